The van der Waals surface area contributed by atoms with E-state index in [1.54, 1.807) is 31.8 Å². The highest BCUT2D eigenvalue weighted by molar-refractivity contribution is 4.92. The van der Waals surface area contributed by atoms with Gasteiger partial charge in [0.15, 0.2) is 0 Å². The summed E-state index contributed by atoms with van der Waals surface area (Å²) in [4.78, 5) is 0. The third kappa shape index (κ3) is 10.6. The highest BCUT2D eigenvalue weighted by Gasteiger charge is 1.86. The smallest absolute Gasteiger partial charge is 0.117 e. The van der Waals surface area contributed by atoms with Crippen LogP contribution in [0.4, 0.5) is 0 Å². The number of rotatable bonds is 9. The van der Waals surface area contributed by atoms with Crippen LogP contribution in [0.25, 0.3) is 0 Å². The lowest BCUT2D eigenvalue weighted by molar-refractivity contribution is 0.197. The zero-order valence-electron chi connectivity index (χ0n) is 8.65. The molecule has 80 valence electrons. The summed E-state index contributed by atoms with van der Waals surface area (Å²) in [5.41, 5.74) is 0. The quantitative estimate of drug-likeness (QED) is 0.324. The predicted octanol–water partition coefficient (Wildman–Crippen LogP) is 2.62. The van der Waals surface area contributed by atoms with Crippen molar-refractivity contribution in [3.63, 3.8) is 0 Å². The zero-order valence-corrected chi connectivity index (χ0v) is 8.65. The van der Waals surface area contributed by atoms with Gasteiger partial charge in [-0.25, -0.2) is 0 Å². The SMILES string of the molecule is C=CC=COCCCCOC=COC. The van der Waals surface area contributed by atoms with Crippen molar-refractivity contribution in [2.24, 2.45) is 0 Å². The number of hydrogen-bond donors (Lipinski definition) is 0. The molecule has 0 atom stereocenters. The molecule has 3 heteroatoms. The molecule has 0 aliphatic carbocycles. The van der Waals surface area contributed by atoms with Crippen molar-refractivity contribution in [1.82, 2.24) is 0 Å². The van der Waals surface area contributed by atoms with E-state index < -0.39 is 0 Å². The normalized spacial score (nSPS) is 10.6. The summed E-state index contributed by atoms with van der Waals surface area (Å²) in [6.45, 7) is 4.93. The van der Waals surface area contributed by atoms with E-state index in [9.17, 15) is 0 Å². The minimum absolute atomic E-state index is 0.689. The van der Waals surface area contributed by atoms with Gasteiger partial charge in [-0.15, -0.1) is 0 Å². The minimum Gasteiger partial charge on any atom is -0.501 e. The molecule has 0 bridgehead atoms. The zero-order chi connectivity index (χ0) is 10.5. The Bertz CT molecular complexity index is 173. The molecule has 0 aromatic heterocycles. The number of ether oxygens (including phenoxy) is 3. The highest BCUT2D eigenvalue weighted by Crippen LogP contribution is 1.92. The topological polar surface area (TPSA) is 27.7 Å². The van der Waals surface area contributed by atoms with Crippen molar-refractivity contribution in [2.45, 2.75) is 12.8 Å². The molecule has 0 saturated heterocycles. The fraction of sp³-hybridized carbons (Fsp3) is 0.455. The molecule has 0 aromatic rings. The van der Waals surface area contributed by atoms with Crippen LogP contribution in [0.2, 0.25) is 0 Å². The van der Waals surface area contributed by atoms with Gasteiger partial charge in [-0.3, -0.25) is 0 Å². The van der Waals surface area contributed by atoms with Crippen LogP contribution in [0.15, 0.2) is 37.5 Å². The van der Waals surface area contributed by atoms with Crippen LogP contribution in [0, 0.1) is 0 Å². The van der Waals surface area contributed by atoms with E-state index in [0.29, 0.717) is 13.2 Å². The summed E-state index contributed by atoms with van der Waals surface area (Å²) < 4.78 is 14.9. The van der Waals surface area contributed by atoms with Gasteiger partial charge in [0.05, 0.1) is 26.6 Å². The second-order valence-corrected chi connectivity index (χ2v) is 2.52. The molecule has 14 heavy (non-hydrogen) atoms. The molecular formula is C11H18O3. The summed E-state index contributed by atoms with van der Waals surface area (Å²) in [5.74, 6) is 0. The molecule has 0 heterocycles. The van der Waals surface area contributed by atoms with E-state index in [0.717, 1.165) is 12.8 Å². The Morgan fingerprint density at radius 1 is 1.00 bits per heavy atom. The average molecular weight is 198 g/mol. The fourth-order valence-electron chi connectivity index (χ4n) is 0.713. The number of hydrogen-bond acceptors (Lipinski definition) is 3. The molecule has 0 saturated carbocycles. The average Bonchev–Trinajstić information content (AvgIpc) is 2.21. The van der Waals surface area contributed by atoms with Crippen molar-refractivity contribution in [3.8, 4) is 0 Å². The van der Waals surface area contributed by atoms with Gasteiger partial charge >= 0.3 is 0 Å². The molecule has 0 rings (SSSR count). The molecule has 0 N–H and O–H groups in total. The van der Waals surface area contributed by atoms with Gasteiger partial charge in [-0.05, 0) is 18.9 Å². The van der Waals surface area contributed by atoms with E-state index in [4.69, 9.17) is 9.47 Å². The third-order valence-corrected chi connectivity index (χ3v) is 1.37. The standard InChI is InChI=1S/C11H18O3/c1-3-4-7-13-8-5-6-9-14-11-10-12-2/h3-4,7,10-11H,1,5-6,8-9H2,2H3. The first-order valence-corrected chi connectivity index (χ1v) is 4.60. The van der Waals surface area contributed by atoms with Crippen LogP contribution in [0.5, 0.6) is 0 Å². The molecule has 0 unspecified atom stereocenters. The first-order chi connectivity index (χ1) is 6.91. The number of allylic oxidation sites excluding steroid dienone is 2. The van der Waals surface area contributed by atoms with Gasteiger partial charge in [-0.1, -0.05) is 12.7 Å². The van der Waals surface area contributed by atoms with Crippen molar-refractivity contribution in [1.29, 1.82) is 0 Å². The molecule has 0 spiro atoms. The van der Waals surface area contributed by atoms with Gasteiger partial charge in [0.2, 0.25) is 0 Å². The maximum atomic E-state index is 5.15. The van der Waals surface area contributed by atoms with Crippen molar-refractivity contribution < 1.29 is 14.2 Å². The van der Waals surface area contributed by atoms with E-state index in [-0.39, 0.29) is 0 Å². The van der Waals surface area contributed by atoms with Crippen molar-refractivity contribution in [3.05, 3.63) is 37.5 Å². The summed E-state index contributed by atoms with van der Waals surface area (Å²) in [6, 6.07) is 0. The summed E-state index contributed by atoms with van der Waals surface area (Å²) >= 11 is 0. The fourth-order valence-corrected chi connectivity index (χ4v) is 0.713. The highest BCUT2D eigenvalue weighted by atomic mass is 16.5. The van der Waals surface area contributed by atoms with Crippen molar-refractivity contribution >= 4 is 0 Å². The van der Waals surface area contributed by atoms with E-state index in [1.807, 2.05) is 0 Å². The van der Waals surface area contributed by atoms with Gasteiger partial charge in [0.25, 0.3) is 0 Å². The van der Waals surface area contributed by atoms with Crippen LogP contribution in [-0.2, 0) is 14.2 Å². The molecule has 3 nitrogen and oxygen atoms in total. The van der Waals surface area contributed by atoms with Gasteiger partial charge in [0, 0.05) is 0 Å². The first-order valence-electron chi connectivity index (χ1n) is 4.60. The minimum atomic E-state index is 0.689. The van der Waals surface area contributed by atoms with Crippen LogP contribution < -0.4 is 0 Å². The molecule has 0 radical (unpaired) electrons. The van der Waals surface area contributed by atoms with E-state index in [2.05, 4.69) is 11.3 Å². The Hall–Kier alpha value is -1.38. The second-order valence-electron chi connectivity index (χ2n) is 2.52. The maximum Gasteiger partial charge on any atom is 0.117 e. The van der Waals surface area contributed by atoms with Crippen LogP contribution in [-0.4, -0.2) is 20.3 Å². The maximum absolute atomic E-state index is 5.15. The Morgan fingerprint density at radius 2 is 1.64 bits per heavy atom. The monoisotopic (exact) mass is 198 g/mol. The Labute approximate surface area is 85.7 Å². The Morgan fingerprint density at radius 3 is 2.21 bits per heavy atom. The molecule has 0 fully saturated rings. The number of unbranched alkanes of at least 4 members (excludes halogenated alkanes) is 1. The predicted molar refractivity (Wildman–Crippen MR) is 56.6 cm³/mol. The summed E-state index contributed by atoms with van der Waals surface area (Å²) in [6.07, 6.45) is 10.1. The van der Waals surface area contributed by atoms with Gasteiger partial charge in [-0.2, -0.15) is 0 Å². The Balaban J connectivity index is 3.02. The lowest BCUT2D eigenvalue weighted by atomic mass is 10.3. The largest absolute Gasteiger partial charge is 0.501 e. The van der Waals surface area contributed by atoms with Crippen LogP contribution in [0.1, 0.15) is 12.8 Å². The lowest BCUT2D eigenvalue weighted by Gasteiger charge is -2.01. The van der Waals surface area contributed by atoms with Gasteiger partial charge < -0.3 is 14.2 Å². The Kier molecular flexibility index (Phi) is 10.5. The van der Waals surface area contributed by atoms with E-state index in [1.165, 1.54) is 6.26 Å². The van der Waals surface area contributed by atoms with Crippen LogP contribution in [0.3, 0.4) is 0 Å². The van der Waals surface area contributed by atoms with E-state index >= 15 is 0 Å². The third-order valence-electron chi connectivity index (χ3n) is 1.37. The van der Waals surface area contributed by atoms with Gasteiger partial charge in [0.1, 0.15) is 12.5 Å². The first kappa shape index (κ1) is 12.6. The number of methoxy groups -OCH3 is 1. The molecule has 0 aliphatic rings. The second kappa shape index (κ2) is 11.6. The van der Waals surface area contributed by atoms with Crippen molar-refractivity contribution in [2.75, 3.05) is 20.3 Å². The summed E-state index contributed by atoms with van der Waals surface area (Å²) in [7, 11) is 1.58. The van der Waals surface area contributed by atoms with Crippen LogP contribution >= 0.6 is 0 Å². The molecule has 0 aliphatic heterocycles. The summed E-state index contributed by atoms with van der Waals surface area (Å²) in [5, 5.41) is 0. The lowest BCUT2D eigenvalue weighted by Crippen LogP contribution is -1.92. The molecule has 0 aromatic carbocycles. The molecular weight excluding hydrogens is 180 g/mol. The molecule has 0 amide bonds.